The maximum atomic E-state index is 12.5. The van der Waals surface area contributed by atoms with E-state index in [0.29, 0.717) is 12.1 Å². The second kappa shape index (κ2) is 9.59. The van der Waals surface area contributed by atoms with E-state index in [1.807, 2.05) is 68.4 Å². The van der Waals surface area contributed by atoms with E-state index < -0.39 is 0 Å². The van der Waals surface area contributed by atoms with E-state index in [0.717, 1.165) is 17.0 Å². The van der Waals surface area contributed by atoms with E-state index >= 15 is 0 Å². The number of rotatable bonds is 8. The number of furan rings is 1. The maximum Gasteiger partial charge on any atom is 0.287 e. The van der Waals surface area contributed by atoms with E-state index in [4.69, 9.17) is 9.15 Å². The van der Waals surface area contributed by atoms with E-state index in [2.05, 4.69) is 10.6 Å². The lowest BCUT2D eigenvalue weighted by atomic mass is 10.1. The minimum absolute atomic E-state index is 0.0332. The molecule has 1 heterocycles. The molecule has 3 aromatic rings. The Morgan fingerprint density at radius 1 is 1.00 bits per heavy atom. The van der Waals surface area contributed by atoms with Gasteiger partial charge in [0, 0.05) is 23.7 Å². The molecule has 2 aromatic carbocycles. The lowest BCUT2D eigenvalue weighted by molar-refractivity contribution is -0.118. The first-order valence-electron chi connectivity index (χ1n) is 9.45. The number of benzene rings is 2. The van der Waals surface area contributed by atoms with Crippen molar-refractivity contribution in [2.75, 3.05) is 5.32 Å². The fourth-order valence-electron chi connectivity index (χ4n) is 2.58. The summed E-state index contributed by atoms with van der Waals surface area (Å²) in [4.78, 5) is 24.2. The Morgan fingerprint density at radius 2 is 1.72 bits per heavy atom. The van der Waals surface area contributed by atoms with Crippen molar-refractivity contribution < 1.29 is 18.7 Å². The van der Waals surface area contributed by atoms with Gasteiger partial charge in [0.05, 0.1) is 6.26 Å². The van der Waals surface area contributed by atoms with Crippen molar-refractivity contribution in [2.24, 2.45) is 5.92 Å². The summed E-state index contributed by atoms with van der Waals surface area (Å²) in [7, 11) is 0. The molecule has 0 fully saturated rings. The lowest BCUT2D eigenvalue weighted by Crippen LogP contribution is -2.23. The maximum absolute atomic E-state index is 12.5. The topological polar surface area (TPSA) is 80.6 Å². The van der Waals surface area contributed by atoms with Crippen molar-refractivity contribution in [1.29, 1.82) is 0 Å². The molecule has 0 aliphatic heterocycles. The van der Waals surface area contributed by atoms with Gasteiger partial charge in [0.1, 0.15) is 12.4 Å². The van der Waals surface area contributed by atoms with Crippen molar-refractivity contribution in [3.63, 3.8) is 0 Å². The van der Waals surface area contributed by atoms with Gasteiger partial charge in [-0.1, -0.05) is 44.2 Å². The molecule has 6 heteroatoms. The molecule has 6 nitrogen and oxygen atoms in total. The Morgan fingerprint density at radius 3 is 2.41 bits per heavy atom. The molecule has 2 N–H and O–H groups in total. The van der Waals surface area contributed by atoms with Crippen LogP contribution in [0.5, 0.6) is 5.75 Å². The molecule has 29 heavy (non-hydrogen) atoms. The summed E-state index contributed by atoms with van der Waals surface area (Å²) in [6.45, 7) is 4.27. The van der Waals surface area contributed by atoms with Crippen LogP contribution in [0.1, 0.15) is 35.5 Å². The Labute approximate surface area is 169 Å². The highest BCUT2D eigenvalue weighted by Crippen LogP contribution is 2.16. The van der Waals surface area contributed by atoms with Crippen LogP contribution in [0, 0.1) is 5.92 Å². The number of hydrogen-bond acceptors (Lipinski definition) is 4. The highest BCUT2D eigenvalue weighted by molar-refractivity contribution is 5.93. The average molecular weight is 392 g/mol. The monoisotopic (exact) mass is 392 g/mol. The van der Waals surface area contributed by atoms with Crippen molar-refractivity contribution in [3.05, 3.63) is 83.8 Å². The van der Waals surface area contributed by atoms with E-state index in [1.54, 1.807) is 6.07 Å². The number of ether oxygens (including phenoxy) is 1. The number of amides is 2. The molecule has 0 atom stereocenters. The second-order valence-corrected chi connectivity index (χ2v) is 6.90. The summed E-state index contributed by atoms with van der Waals surface area (Å²) in [6.07, 6.45) is 1.48. The third-order valence-electron chi connectivity index (χ3n) is 4.29. The Kier molecular flexibility index (Phi) is 6.68. The van der Waals surface area contributed by atoms with Crippen LogP contribution < -0.4 is 15.4 Å². The van der Waals surface area contributed by atoms with E-state index in [-0.39, 0.29) is 30.1 Å². The molecule has 0 aliphatic rings. The molecular formula is C23H24N2O4. The predicted molar refractivity (Wildman–Crippen MR) is 111 cm³/mol. The zero-order valence-corrected chi connectivity index (χ0v) is 16.5. The molecule has 0 bridgehead atoms. The van der Waals surface area contributed by atoms with Crippen LogP contribution in [0.3, 0.4) is 0 Å². The van der Waals surface area contributed by atoms with Gasteiger partial charge in [-0.25, -0.2) is 0 Å². The zero-order chi connectivity index (χ0) is 20.6. The van der Waals surface area contributed by atoms with Crippen molar-refractivity contribution in [3.8, 4) is 5.75 Å². The number of para-hydroxylation sites is 1. The van der Waals surface area contributed by atoms with Gasteiger partial charge < -0.3 is 19.8 Å². The number of anilines is 1. The quantitative estimate of drug-likeness (QED) is 0.596. The van der Waals surface area contributed by atoms with Gasteiger partial charge >= 0.3 is 0 Å². The van der Waals surface area contributed by atoms with Gasteiger partial charge in [-0.05, 0) is 35.9 Å². The first-order valence-corrected chi connectivity index (χ1v) is 9.45. The largest absolute Gasteiger partial charge is 0.489 e. The third kappa shape index (κ3) is 5.72. The number of nitrogens with one attached hydrogen (secondary N) is 2. The minimum Gasteiger partial charge on any atom is -0.489 e. The number of hydrogen-bond donors (Lipinski definition) is 2. The molecule has 1 aromatic heterocycles. The fourth-order valence-corrected chi connectivity index (χ4v) is 2.58. The molecule has 0 saturated carbocycles. The van der Waals surface area contributed by atoms with Crippen LogP contribution in [0.15, 0.2) is 71.3 Å². The molecular weight excluding hydrogens is 368 g/mol. The highest BCUT2D eigenvalue weighted by Gasteiger charge is 2.16. The van der Waals surface area contributed by atoms with Crippen LogP contribution in [-0.2, 0) is 17.9 Å². The molecule has 3 rings (SSSR count). The lowest BCUT2D eigenvalue weighted by Gasteiger charge is -2.09. The summed E-state index contributed by atoms with van der Waals surface area (Å²) in [5, 5.41) is 5.68. The molecule has 0 radical (unpaired) electrons. The predicted octanol–water partition coefficient (Wildman–Crippen LogP) is 4.38. The van der Waals surface area contributed by atoms with Crippen molar-refractivity contribution in [2.45, 2.75) is 27.0 Å². The number of carbonyl (C=O) groups is 2. The summed E-state index contributed by atoms with van der Waals surface area (Å²) in [5.41, 5.74) is 2.32. The van der Waals surface area contributed by atoms with Crippen LogP contribution in [0.2, 0.25) is 0 Å². The normalized spacial score (nSPS) is 10.6. The van der Waals surface area contributed by atoms with E-state index in [1.165, 1.54) is 6.26 Å². The number of carbonyl (C=O) groups excluding carboxylic acids is 2. The molecule has 0 unspecified atom stereocenters. The second-order valence-electron chi connectivity index (χ2n) is 6.90. The van der Waals surface area contributed by atoms with Gasteiger partial charge in [-0.15, -0.1) is 0 Å². The summed E-state index contributed by atoms with van der Waals surface area (Å²) >= 11 is 0. The van der Waals surface area contributed by atoms with Crippen molar-refractivity contribution in [1.82, 2.24) is 5.32 Å². The molecule has 2 amide bonds. The molecule has 0 spiro atoms. The first-order chi connectivity index (χ1) is 14.0. The van der Waals surface area contributed by atoms with Gasteiger partial charge in [0.15, 0.2) is 5.76 Å². The Bertz CT molecular complexity index is 947. The standard InChI is InChI=1S/C23H24N2O4/c1-16(2)22(26)25-19-10-8-17(9-11-19)14-24-23(27)21-18(12-13-28-21)15-29-20-6-4-3-5-7-20/h3-13,16H,14-15H2,1-2H3,(H,24,27)(H,25,26). The molecule has 150 valence electrons. The Balaban J connectivity index is 1.53. The Hall–Kier alpha value is -3.54. The SMILES string of the molecule is CC(C)C(=O)Nc1ccc(CNC(=O)c2occc2COc2ccccc2)cc1. The van der Waals surface area contributed by atoms with Crippen LogP contribution in [0.25, 0.3) is 0 Å². The first kappa shape index (κ1) is 20.2. The highest BCUT2D eigenvalue weighted by atomic mass is 16.5. The van der Waals surface area contributed by atoms with Crippen LogP contribution >= 0.6 is 0 Å². The zero-order valence-electron chi connectivity index (χ0n) is 16.5. The summed E-state index contributed by atoms with van der Waals surface area (Å²) in [5.74, 6) is 0.543. The molecule has 0 aliphatic carbocycles. The van der Waals surface area contributed by atoms with Crippen molar-refractivity contribution >= 4 is 17.5 Å². The van der Waals surface area contributed by atoms with Gasteiger partial charge in [-0.3, -0.25) is 9.59 Å². The van der Waals surface area contributed by atoms with Gasteiger partial charge in [-0.2, -0.15) is 0 Å². The van der Waals surface area contributed by atoms with Crippen LogP contribution in [-0.4, -0.2) is 11.8 Å². The summed E-state index contributed by atoms with van der Waals surface area (Å²) < 4.78 is 11.0. The van der Waals surface area contributed by atoms with E-state index in [9.17, 15) is 9.59 Å². The third-order valence-corrected chi connectivity index (χ3v) is 4.29. The smallest absolute Gasteiger partial charge is 0.287 e. The van der Waals surface area contributed by atoms with Gasteiger partial charge in [0.25, 0.3) is 5.91 Å². The average Bonchev–Trinajstić information content (AvgIpc) is 3.21. The minimum atomic E-state index is -0.307. The fraction of sp³-hybridized carbons (Fsp3) is 0.217. The van der Waals surface area contributed by atoms with Crippen LogP contribution in [0.4, 0.5) is 5.69 Å². The van der Waals surface area contributed by atoms with Gasteiger partial charge in [0.2, 0.25) is 5.91 Å². The summed E-state index contributed by atoms with van der Waals surface area (Å²) in [6, 6.07) is 18.5. The molecule has 0 saturated heterocycles.